The van der Waals surface area contributed by atoms with E-state index in [9.17, 15) is 4.79 Å². The summed E-state index contributed by atoms with van der Waals surface area (Å²) in [5.74, 6) is 3.00. The third-order valence-corrected chi connectivity index (χ3v) is 7.67. The number of carbonyl (C=O) groups excluding carboxylic acids is 1. The van der Waals surface area contributed by atoms with Gasteiger partial charge in [-0.3, -0.25) is 4.79 Å². The molecule has 0 radical (unpaired) electrons. The first-order valence-electron chi connectivity index (χ1n) is 13.0. The van der Waals surface area contributed by atoms with Crippen LogP contribution >= 0.6 is 15.9 Å². The Balaban J connectivity index is 0.000000169. The maximum Gasteiger partial charge on any atom is 0.221 e. The highest BCUT2D eigenvalue weighted by Crippen LogP contribution is 2.44. The molecule has 6 aromatic rings. The second kappa shape index (κ2) is 11.9. The summed E-state index contributed by atoms with van der Waals surface area (Å²) in [6.07, 6.45) is 0. The van der Waals surface area contributed by atoms with Crippen LogP contribution < -0.4 is 24.3 Å². The van der Waals surface area contributed by atoms with Crippen molar-refractivity contribution in [2.24, 2.45) is 0 Å². The van der Waals surface area contributed by atoms with E-state index in [-0.39, 0.29) is 5.91 Å². The van der Waals surface area contributed by atoms with Gasteiger partial charge in [0.05, 0.1) is 34.1 Å². The molecule has 0 aliphatic rings. The van der Waals surface area contributed by atoms with Crippen molar-refractivity contribution in [3.63, 3.8) is 0 Å². The van der Waals surface area contributed by atoms with Gasteiger partial charge < -0.3 is 24.3 Å². The summed E-state index contributed by atoms with van der Waals surface area (Å²) >= 11 is 3.58. The molecule has 0 saturated carbocycles. The maximum atomic E-state index is 11.6. The summed E-state index contributed by atoms with van der Waals surface area (Å²) in [5, 5.41) is 11.3. The number of halogens is 1. The van der Waals surface area contributed by atoms with Gasteiger partial charge >= 0.3 is 0 Å². The molecule has 7 heteroatoms. The zero-order chi connectivity index (χ0) is 29.1. The molecular weight excluding hydrogens is 582 g/mol. The first-order valence-corrected chi connectivity index (χ1v) is 13.8. The molecule has 1 amide bonds. The van der Waals surface area contributed by atoms with Gasteiger partial charge in [0.2, 0.25) is 5.91 Å². The Kier molecular flexibility index (Phi) is 8.17. The number of methoxy groups -OCH3 is 4. The molecule has 6 aromatic carbocycles. The second-order valence-electron chi connectivity index (χ2n) is 9.35. The number of amides is 1. The second-order valence-corrected chi connectivity index (χ2v) is 10.2. The van der Waals surface area contributed by atoms with E-state index >= 15 is 0 Å². The van der Waals surface area contributed by atoms with E-state index in [0.29, 0.717) is 11.5 Å². The number of nitrogens with one attached hydrogen (secondary N) is 1. The van der Waals surface area contributed by atoms with Crippen LogP contribution in [0, 0.1) is 0 Å². The Labute approximate surface area is 246 Å². The zero-order valence-corrected chi connectivity index (χ0v) is 25.1. The molecular formula is C34H30BrNO5. The van der Waals surface area contributed by atoms with Crippen molar-refractivity contribution < 1.29 is 23.7 Å². The number of benzene rings is 6. The number of rotatable bonds is 5. The first kappa shape index (κ1) is 28.1. The average molecular weight is 613 g/mol. The van der Waals surface area contributed by atoms with Crippen molar-refractivity contribution in [3.05, 3.63) is 89.4 Å². The number of hydrogen-bond donors (Lipinski definition) is 1. The normalized spacial score (nSPS) is 10.8. The Morgan fingerprint density at radius 3 is 1.98 bits per heavy atom. The van der Waals surface area contributed by atoms with Crippen molar-refractivity contribution in [2.75, 3.05) is 33.8 Å². The van der Waals surface area contributed by atoms with Crippen LogP contribution in [0.4, 0.5) is 5.69 Å². The maximum absolute atomic E-state index is 11.6. The third kappa shape index (κ3) is 5.21. The molecule has 0 aliphatic carbocycles. The van der Waals surface area contributed by atoms with Gasteiger partial charge in [-0.2, -0.15) is 0 Å². The third-order valence-electron chi connectivity index (χ3n) is 7.01. The molecule has 6 nitrogen and oxygen atoms in total. The van der Waals surface area contributed by atoms with Gasteiger partial charge in [0.25, 0.3) is 0 Å². The smallest absolute Gasteiger partial charge is 0.221 e. The summed E-state index contributed by atoms with van der Waals surface area (Å²) in [7, 11) is 6.63. The van der Waals surface area contributed by atoms with Crippen LogP contribution in [0.2, 0.25) is 0 Å². The zero-order valence-electron chi connectivity index (χ0n) is 23.5. The van der Waals surface area contributed by atoms with Crippen molar-refractivity contribution in [3.8, 4) is 23.0 Å². The summed E-state index contributed by atoms with van der Waals surface area (Å²) in [6, 6.07) is 28.1. The van der Waals surface area contributed by atoms with Crippen LogP contribution in [0.5, 0.6) is 23.0 Å². The number of fused-ring (bicyclic) bond motifs is 6. The fourth-order valence-electron chi connectivity index (χ4n) is 5.28. The van der Waals surface area contributed by atoms with Crippen molar-refractivity contribution in [1.29, 1.82) is 0 Å². The van der Waals surface area contributed by atoms with Crippen molar-refractivity contribution in [2.45, 2.75) is 6.92 Å². The summed E-state index contributed by atoms with van der Waals surface area (Å²) < 4.78 is 22.8. The largest absolute Gasteiger partial charge is 0.496 e. The number of carbonyl (C=O) groups is 1. The van der Waals surface area contributed by atoms with E-state index in [4.69, 9.17) is 18.9 Å². The van der Waals surface area contributed by atoms with E-state index < -0.39 is 0 Å². The Morgan fingerprint density at radius 2 is 1.27 bits per heavy atom. The monoisotopic (exact) mass is 611 g/mol. The van der Waals surface area contributed by atoms with Gasteiger partial charge in [0.1, 0.15) is 11.5 Å². The summed E-state index contributed by atoms with van der Waals surface area (Å²) in [4.78, 5) is 11.6. The molecule has 1 N–H and O–H groups in total. The predicted octanol–water partition coefficient (Wildman–Crippen LogP) is 8.74. The van der Waals surface area contributed by atoms with Crippen LogP contribution in [0.1, 0.15) is 6.92 Å². The van der Waals surface area contributed by atoms with Gasteiger partial charge in [-0.05, 0) is 57.9 Å². The van der Waals surface area contributed by atoms with E-state index in [0.717, 1.165) is 54.0 Å². The minimum Gasteiger partial charge on any atom is -0.496 e. The Morgan fingerprint density at radius 1 is 0.610 bits per heavy atom. The fourth-order valence-corrected chi connectivity index (χ4v) is 5.86. The molecule has 0 aliphatic heterocycles. The van der Waals surface area contributed by atoms with Gasteiger partial charge in [-0.25, -0.2) is 0 Å². The fraction of sp³-hybridized carbons (Fsp3) is 0.147. The lowest BCUT2D eigenvalue weighted by molar-refractivity contribution is -0.114. The van der Waals surface area contributed by atoms with Crippen LogP contribution in [-0.2, 0) is 4.79 Å². The lowest BCUT2D eigenvalue weighted by atomic mass is 9.99. The molecule has 0 aromatic heterocycles. The highest BCUT2D eigenvalue weighted by molar-refractivity contribution is 9.10. The average Bonchev–Trinajstić information content (AvgIpc) is 2.99. The van der Waals surface area contributed by atoms with Crippen LogP contribution in [-0.4, -0.2) is 34.3 Å². The van der Waals surface area contributed by atoms with E-state index in [1.807, 2.05) is 60.7 Å². The standard InChI is InChI=1S/C18H16BrNO3.C16H14O2/c1-10(21)20-14-9-11-7-8-15(22-2)18(23-3)16(11)12-5-4-6-13(19)17(12)14;1-17-14-9-10-15(18-2)16-12-6-4-3-5-11(12)7-8-13(14)16/h4-9H,1-3H3,(H,20,21);3-10H,1-2H3. The molecule has 0 bridgehead atoms. The first-order chi connectivity index (χ1) is 19.9. The minimum atomic E-state index is -0.109. The number of ether oxygens (including phenoxy) is 4. The Hall–Kier alpha value is -4.49. The summed E-state index contributed by atoms with van der Waals surface area (Å²) in [5.41, 5.74) is 0.764. The van der Waals surface area contributed by atoms with E-state index in [2.05, 4.69) is 45.5 Å². The topological polar surface area (TPSA) is 66.0 Å². The minimum absolute atomic E-state index is 0.109. The van der Waals surface area contributed by atoms with Crippen LogP contribution in [0.3, 0.4) is 0 Å². The lowest BCUT2D eigenvalue weighted by Crippen LogP contribution is -2.06. The highest BCUT2D eigenvalue weighted by Gasteiger charge is 2.16. The molecule has 0 atom stereocenters. The van der Waals surface area contributed by atoms with Gasteiger partial charge in [-0.1, -0.05) is 64.5 Å². The van der Waals surface area contributed by atoms with E-state index in [1.54, 1.807) is 28.4 Å². The Bertz CT molecular complexity index is 1920. The van der Waals surface area contributed by atoms with E-state index in [1.165, 1.54) is 17.7 Å². The number of hydrogen-bond acceptors (Lipinski definition) is 5. The number of anilines is 1. The van der Waals surface area contributed by atoms with Gasteiger partial charge in [0.15, 0.2) is 11.5 Å². The molecule has 0 unspecified atom stereocenters. The molecule has 0 spiro atoms. The van der Waals surface area contributed by atoms with Crippen molar-refractivity contribution in [1.82, 2.24) is 0 Å². The van der Waals surface area contributed by atoms with Crippen LogP contribution in [0.15, 0.2) is 89.4 Å². The summed E-state index contributed by atoms with van der Waals surface area (Å²) in [6.45, 7) is 1.50. The van der Waals surface area contributed by atoms with Crippen molar-refractivity contribution >= 4 is 70.6 Å². The predicted molar refractivity (Wildman–Crippen MR) is 171 cm³/mol. The van der Waals surface area contributed by atoms with Gasteiger partial charge in [-0.15, -0.1) is 0 Å². The molecule has 0 heterocycles. The highest BCUT2D eigenvalue weighted by atomic mass is 79.9. The SMILES string of the molecule is COc1ccc(OC)c2c1ccc1ccccc12.COc1ccc2cc(NC(C)=O)c3c(Br)cccc3c2c1OC. The molecule has 0 saturated heterocycles. The lowest BCUT2D eigenvalue weighted by Gasteiger charge is -2.16. The molecule has 208 valence electrons. The quantitative estimate of drug-likeness (QED) is 0.197. The van der Waals surface area contributed by atoms with Crippen LogP contribution in [0.25, 0.3) is 43.1 Å². The molecule has 0 fully saturated rings. The van der Waals surface area contributed by atoms with Gasteiger partial charge in [0, 0.05) is 32.9 Å². The molecule has 6 rings (SSSR count). The molecule has 41 heavy (non-hydrogen) atoms.